The van der Waals surface area contributed by atoms with Crippen molar-refractivity contribution in [2.24, 2.45) is 4.99 Å². The van der Waals surface area contributed by atoms with Crippen molar-refractivity contribution in [3.63, 3.8) is 0 Å². The smallest absolute Gasteiger partial charge is 0.335 e. The van der Waals surface area contributed by atoms with Crippen LogP contribution < -0.4 is 5.32 Å². The minimum absolute atomic E-state index is 0.390. The zero-order valence-electron chi connectivity index (χ0n) is 9.51. The fourth-order valence-corrected chi connectivity index (χ4v) is 1.67. The SMILES string of the molecule is CCN=C(Nc1cccc(C(F)(F)F)c1)SC. The first kappa shape index (κ1) is 13.9. The van der Waals surface area contributed by atoms with E-state index in [4.69, 9.17) is 0 Å². The molecule has 17 heavy (non-hydrogen) atoms. The van der Waals surface area contributed by atoms with E-state index in [2.05, 4.69) is 10.3 Å². The Balaban J connectivity index is 2.89. The molecular formula is C11H13F3N2S. The number of hydrogen-bond acceptors (Lipinski definition) is 2. The van der Waals surface area contributed by atoms with E-state index < -0.39 is 11.7 Å². The standard InChI is InChI=1S/C11H13F3N2S/c1-3-15-10(17-2)16-9-6-4-5-8(7-9)11(12,13)14/h4-7H,3H2,1-2H3,(H,15,16). The van der Waals surface area contributed by atoms with Gasteiger partial charge in [-0.05, 0) is 31.4 Å². The van der Waals surface area contributed by atoms with Crippen molar-refractivity contribution in [2.75, 3.05) is 18.1 Å². The van der Waals surface area contributed by atoms with Gasteiger partial charge in [0.05, 0.1) is 5.56 Å². The Morgan fingerprint density at radius 2 is 2.12 bits per heavy atom. The third-order valence-electron chi connectivity index (χ3n) is 1.94. The van der Waals surface area contributed by atoms with Gasteiger partial charge in [-0.1, -0.05) is 17.8 Å². The first-order valence-corrected chi connectivity index (χ1v) is 6.22. The van der Waals surface area contributed by atoms with Crippen molar-refractivity contribution in [3.8, 4) is 0 Å². The summed E-state index contributed by atoms with van der Waals surface area (Å²) in [5, 5.41) is 3.46. The maximum atomic E-state index is 12.5. The normalized spacial score (nSPS) is 12.6. The molecular weight excluding hydrogens is 249 g/mol. The number of alkyl halides is 3. The first-order chi connectivity index (χ1) is 7.97. The Bertz CT molecular complexity index is 402. The molecule has 6 heteroatoms. The van der Waals surface area contributed by atoms with Crippen LogP contribution >= 0.6 is 11.8 Å². The van der Waals surface area contributed by atoms with Gasteiger partial charge >= 0.3 is 6.18 Å². The molecule has 2 nitrogen and oxygen atoms in total. The fraction of sp³-hybridized carbons (Fsp3) is 0.364. The molecule has 0 aliphatic carbocycles. The van der Waals surface area contributed by atoms with Crippen LogP contribution in [0.15, 0.2) is 29.3 Å². The molecule has 1 aromatic rings. The highest BCUT2D eigenvalue weighted by molar-refractivity contribution is 8.13. The van der Waals surface area contributed by atoms with Crippen LogP contribution in [0.1, 0.15) is 12.5 Å². The summed E-state index contributed by atoms with van der Waals surface area (Å²) in [6.45, 7) is 2.45. The van der Waals surface area contributed by atoms with Gasteiger partial charge in [-0.3, -0.25) is 4.99 Å². The molecule has 1 aromatic carbocycles. The molecule has 0 saturated carbocycles. The second-order valence-electron chi connectivity index (χ2n) is 3.19. The van der Waals surface area contributed by atoms with E-state index in [1.54, 1.807) is 6.07 Å². The molecule has 0 radical (unpaired) electrons. The van der Waals surface area contributed by atoms with E-state index in [-0.39, 0.29) is 0 Å². The number of hydrogen-bond donors (Lipinski definition) is 1. The summed E-state index contributed by atoms with van der Waals surface area (Å²) in [6, 6.07) is 5.06. The zero-order valence-corrected chi connectivity index (χ0v) is 10.3. The summed E-state index contributed by atoms with van der Waals surface area (Å²) in [5.41, 5.74) is -0.277. The maximum absolute atomic E-state index is 12.5. The molecule has 0 spiro atoms. The predicted molar refractivity (Wildman–Crippen MR) is 66.6 cm³/mol. The molecule has 0 aliphatic rings. The monoisotopic (exact) mass is 262 g/mol. The van der Waals surface area contributed by atoms with Crippen molar-refractivity contribution in [2.45, 2.75) is 13.1 Å². The van der Waals surface area contributed by atoms with Crippen LogP contribution in [0.5, 0.6) is 0 Å². The molecule has 0 aromatic heterocycles. The summed E-state index contributed by atoms with van der Waals surface area (Å²) < 4.78 is 37.4. The van der Waals surface area contributed by atoms with Crippen LogP contribution in [0, 0.1) is 0 Å². The van der Waals surface area contributed by atoms with Crippen molar-refractivity contribution < 1.29 is 13.2 Å². The lowest BCUT2D eigenvalue weighted by Gasteiger charge is -2.10. The third-order valence-corrected chi connectivity index (χ3v) is 2.55. The number of rotatable bonds is 2. The highest BCUT2D eigenvalue weighted by Gasteiger charge is 2.30. The number of thioether (sulfide) groups is 1. The average molecular weight is 262 g/mol. The number of anilines is 1. The number of halogens is 3. The summed E-state index contributed by atoms with van der Waals surface area (Å²) in [7, 11) is 0. The van der Waals surface area contributed by atoms with Crippen LogP contribution in [0.3, 0.4) is 0 Å². The molecule has 0 bridgehead atoms. The van der Waals surface area contributed by atoms with Gasteiger partial charge in [0.1, 0.15) is 0 Å². The summed E-state index contributed by atoms with van der Waals surface area (Å²) >= 11 is 1.36. The van der Waals surface area contributed by atoms with Gasteiger partial charge < -0.3 is 5.32 Å². The van der Waals surface area contributed by atoms with Crippen LogP contribution in [-0.2, 0) is 6.18 Å². The van der Waals surface area contributed by atoms with Crippen LogP contribution in [-0.4, -0.2) is 18.0 Å². The fourth-order valence-electron chi connectivity index (χ4n) is 1.20. The maximum Gasteiger partial charge on any atom is 0.416 e. The van der Waals surface area contributed by atoms with Gasteiger partial charge in [0.2, 0.25) is 0 Å². The Labute approximate surface area is 102 Å². The van der Waals surface area contributed by atoms with Crippen molar-refractivity contribution >= 4 is 22.6 Å². The van der Waals surface area contributed by atoms with Crippen molar-refractivity contribution in [3.05, 3.63) is 29.8 Å². The van der Waals surface area contributed by atoms with Gasteiger partial charge in [0.15, 0.2) is 5.17 Å². The van der Waals surface area contributed by atoms with Gasteiger partial charge in [0.25, 0.3) is 0 Å². The summed E-state index contributed by atoms with van der Waals surface area (Å²) in [4.78, 5) is 4.12. The van der Waals surface area contributed by atoms with Crippen molar-refractivity contribution in [1.82, 2.24) is 0 Å². The van der Waals surface area contributed by atoms with E-state index >= 15 is 0 Å². The Morgan fingerprint density at radius 1 is 1.41 bits per heavy atom. The van der Waals surface area contributed by atoms with E-state index in [0.29, 0.717) is 17.4 Å². The molecule has 0 saturated heterocycles. The second-order valence-corrected chi connectivity index (χ2v) is 3.98. The molecule has 0 fully saturated rings. The van der Waals surface area contributed by atoms with Crippen LogP contribution in [0.2, 0.25) is 0 Å². The lowest BCUT2D eigenvalue weighted by Crippen LogP contribution is -2.10. The number of benzene rings is 1. The average Bonchev–Trinajstić information content (AvgIpc) is 2.28. The summed E-state index contributed by atoms with van der Waals surface area (Å²) in [6.07, 6.45) is -2.51. The molecule has 0 heterocycles. The molecule has 0 aliphatic heterocycles. The molecule has 1 rings (SSSR count). The van der Waals surface area contributed by atoms with Crippen LogP contribution in [0.4, 0.5) is 18.9 Å². The molecule has 94 valence electrons. The molecule has 0 amide bonds. The highest BCUT2D eigenvalue weighted by Crippen LogP contribution is 2.30. The highest BCUT2D eigenvalue weighted by atomic mass is 32.2. The number of nitrogens with zero attached hydrogens (tertiary/aromatic N) is 1. The Kier molecular flexibility index (Phi) is 4.86. The first-order valence-electron chi connectivity index (χ1n) is 5.00. The summed E-state index contributed by atoms with van der Waals surface area (Å²) in [5.74, 6) is 0. The quantitative estimate of drug-likeness (QED) is 0.646. The minimum atomic E-state index is -4.32. The third kappa shape index (κ3) is 4.30. The number of nitrogens with one attached hydrogen (secondary N) is 1. The topological polar surface area (TPSA) is 24.4 Å². The van der Waals surface area contributed by atoms with E-state index in [1.165, 1.54) is 17.8 Å². The zero-order chi connectivity index (χ0) is 12.9. The lowest BCUT2D eigenvalue weighted by molar-refractivity contribution is -0.137. The van der Waals surface area contributed by atoms with E-state index in [1.807, 2.05) is 13.2 Å². The Morgan fingerprint density at radius 3 is 2.65 bits per heavy atom. The molecule has 0 atom stereocenters. The van der Waals surface area contributed by atoms with Gasteiger partial charge in [-0.2, -0.15) is 13.2 Å². The van der Waals surface area contributed by atoms with Gasteiger partial charge in [-0.15, -0.1) is 0 Å². The van der Waals surface area contributed by atoms with Crippen molar-refractivity contribution in [1.29, 1.82) is 0 Å². The largest absolute Gasteiger partial charge is 0.416 e. The second kappa shape index (κ2) is 5.95. The number of amidine groups is 1. The van der Waals surface area contributed by atoms with E-state index in [9.17, 15) is 13.2 Å². The van der Waals surface area contributed by atoms with Gasteiger partial charge in [0, 0.05) is 12.2 Å². The predicted octanol–water partition coefficient (Wildman–Crippen LogP) is 3.86. The number of aliphatic imine (C=N–C) groups is 1. The van der Waals surface area contributed by atoms with E-state index in [0.717, 1.165) is 12.1 Å². The Hall–Kier alpha value is -1.17. The van der Waals surface area contributed by atoms with Crippen LogP contribution in [0.25, 0.3) is 0 Å². The lowest BCUT2D eigenvalue weighted by atomic mass is 10.2. The molecule has 0 unspecified atom stereocenters. The van der Waals surface area contributed by atoms with Gasteiger partial charge in [-0.25, -0.2) is 0 Å². The minimum Gasteiger partial charge on any atom is -0.335 e. The molecule has 1 N–H and O–H groups in total.